The standard InChI is InChI=1S/C2Cl4.H4Si/c3-1(4)2(5)6;/h;1H4. The average Bonchev–Trinajstić information content (AvgIpc) is 1.36. The summed E-state index contributed by atoms with van der Waals surface area (Å²) < 4.78 is -0.198. The second-order valence-electron chi connectivity index (χ2n) is 0.521. The molecule has 0 saturated carbocycles. The van der Waals surface area contributed by atoms with Crippen molar-refractivity contribution in [2.24, 2.45) is 0 Å². The predicted octanol–water partition coefficient (Wildman–Crippen LogP) is 1.62. The average molecular weight is 198 g/mol. The Labute approximate surface area is 66.4 Å². The van der Waals surface area contributed by atoms with Crippen LogP contribution in [0.15, 0.2) is 8.98 Å². The van der Waals surface area contributed by atoms with E-state index in [4.69, 9.17) is 46.4 Å². The van der Waals surface area contributed by atoms with E-state index < -0.39 is 0 Å². The molecular formula is C2H4Cl4Si. The Kier molecular flexibility index (Phi) is 8.25. The fraction of sp³-hybridized carbons (Fsp3) is 0. The Morgan fingerprint density at radius 1 is 0.714 bits per heavy atom. The van der Waals surface area contributed by atoms with E-state index in [0.717, 1.165) is 0 Å². The summed E-state index contributed by atoms with van der Waals surface area (Å²) >= 11 is 20.0. The van der Waals surface area contributed by atoms with Crippen LogP contribution in [0.5, 0.6) is 0 Å². The van der Waals surface area contributed by atoms with Crippen LogP contribution in [0, 0.1) is 0 Å². The Morgan fingerprint density at radius 3 is 0.857 bits per heavy atom. The SMILES string of the molecule is ClC(Cl)=C(Cl)Cl.[SiH4]. The Bertz CT molecular complexity index is 59.8. The van der Waals surface area contributed by atoms with Crippen LogP contribution in [0.2, 0.25) is 0 Å². The maximum Gasteiger partial charge on any atom is 0.136 e. The maximum atomic E-state index is 4.99. The molecule has 0 aromatic carbocycles. The third kappa shape index (κ3) is 7.12. The molecule has 44 valence electrons. The molecule has 0 rings (SSSR count). The molecule has 0 radical (unpaired) electrons. The zero-order chi connectivity index (χ0) is 5.15. The molecule has 0 aromatic heterocycles. The fourth-order valence-corrected chi connectivity index (χ4v) is 0. The van der Waals surface area contributed by atoms with Crippen molar-refractivity contribution < 1.29 is 0 Å². The molecule has 0 bridgehead atoms. The van der Waals surface area contributed by atoms with E-state index in [9.17, 15) is 0 Å². The number of hydrogen-bond acceptors (Lipinski definition) is 0. The normalized spacial score (nSPS) is 6.86. The largest absolute Gasteiger partial charge is 0.136 e. The predicted molar refractivity (Wildman–Crippen MR) is 41.8 cm³/mol. The zero-order valence-electron chi connectivity index (χ0n) is 2.51. The maximum absolute atomic E-state index is 4.99. The number of rotatable bonds is 0. The van der Waals surface area contributed by atoms with Crippen LogP contribution in [0.25, 0.3) is 0 Å². The zero-order valence-corrected chi connectivity index (χ0v) is 5.54. The van der Waals surface area contributed by atoms with Gasteiger partial charge >= 0.3 is 0 Å². The van der Waals surface area contributed by atoms with Gasteiger partial charge in [0.1, 0.15) is 8.98 Å². The molecule has 0 N–H and O–H groups in total. The van der Waals surface area contributed by atoms with Crippen LogP contribution in [0.1, 0.15) is 0 Å². The molecule has 0 aliphatic heterocycles. The highest BCUT2D eigenvalue weighted by Gasteiger charge is 1.88. The molecular weight excluding hydrogens is 194 g/mol. The minimum absolute atomic E-state index is 0. The van der Waals surface area contributed by atoms with E-state index in [2.05, 4.69) is 0 Å². The summed E-state index contributed by atoms with van der Waals surface area (Å²) in [5, 5.41) is 0. The summed E-state index contributed by atoms with van der Waals surface area (Å²) in [7, 11) is 0. The van der Waals surface area contributed by atoms with Gasteiger partial charge in [0.05, 0.1) is 0 Å². The highest BCUT2D eigenvalue weighted by Crippen LogP contribution is 2.20. The first-order chi connectivity index (χ1) is 2.64. The molecule has 0 aliphatic carbocycles. The molecule has 5 heteroatoms. The van der Waals surface area contributed by atoms with Gasteiger partial charge in [-0.15, -0.1) is 0 Å². The summed E-state index contributed by atoms with van der Waals surface area (Å²) in [6.45, 7) is 0. The summed E-state index contributed by atoms with van der Waals surface area (Å²) in [6.07, 6.45) is 0. The molecule has 0 unspecified atom stereocenters. The number of halogens is 4. The quantitative estimate of drug-likeness (QED) is 0.518. The minimum Gasteiger partial charge on any atom is -0.0682 e. The summed E-state index contributed by atoms with van der Waals surface area (Å²) in [5.41, 5.74) is 0. The highest BCUT2D eigenvalue weighted by atomic mass is 35.5. The van der Waals surface area contributed by atoms with Crippen molar-refractivity contribution in [3.63, 3.8) is 0 Å². The van der Waals surface area contributed by atoms with Gasteiger partial charge in [-0.05, 0) is 11.0 Å². The summed E-state index contributed by atoms with van der Waals surface area (Å²) in [5.74, 6) is 0. The van der Waals surface area contributed by atoms with E-state index in [1.807, 2.05) is 0 Å². The lowest BCUT2D eigenvalue weighted by Gasteiger charge is -1.75. The van der Waals surface area contributed by atoms with Gasteiger partial charge < -0.3 is 0 Å². The second kappa shape index (κ2) is 5.26. The first kappa shape index (κ1) is 11.0. The molecule has 0 amide bonds. The topological polar surface area (TPSA) is 0 Å². The van der Waals surface area contributed by atoms with Gasteiger partial charge in [-0.25, -0.2) is 0 Å². The molecule has 0 atom stereocenters. The van der Waals surface area contributed by atoms with Crippen LogP contribution in [-0.4, -0.2) is 11.0 Å². The van der Waals surface area contributed by atoms with Crippen molar-refractivity contribution in [2.75, 3.05) is 0 Å². The summed E-state index contributed by atoms with van der Waals surface area (Å²) in [6, 6.07) is 0. The fourth-order valence-electron chi connectivity index (χ4n) is 0. The first-order valence-electron chi connectivity index (χ1n) is 1.01. The van der Waals surface area contributed by atoms with E-state index in [1.54, 1.807) is 0 Å². The van der Waals surface area contributed by atoms with Crippen LogP contribution in [0.4, 0.5) is 0 Å². The second-order valence-corrected chi connectivity index (χ2v) is 2.42. The number of hydrogen-bond donors (Lipinski definition) is 0. The van der Waals surface area contributed by atoms with Crippen LogP contribution in [-0.2, 0) is 0 Å². The van der Waals surface area contributed by atoms with E-state index in [0.29, 0.717) is 0 Å². The Balaban J connectivity index is 0. The van der Waals surface area contributed by atoms with Crippen molar-refractivity contribution in [1.82, 2.24) is 0 Å². The van der Waals surface area contributed by atoms with Gasteiger partial charge in [0.2, 0.25) is 0 Å². The highest BCUT2D eigenvalue weighted by molar-refractivity contribution is 6.67. The third-order valence-corrected chi connectivity index (χ3v) is 1.29. The van der Waals surface area contributed by atoms with Crippen LogP contribution >= 0.6 is 46.4 Å². The smallest absolute Gasteiger partial charge is 0.0682 e. The molecule has 0 aromatic rings. The Morgan fingerprint density at radius 2 is 0.857 bits per heavy atom. The third-order valence-electron chi connectivity index (χ3n) is 0.143. The van der Waals surface area contributed by atoms with Crippen LogP contribution < -0.4 is 0 Å². The van der Waals surface area contributed by atoms with Crippen molar-refractivity contribution in [2.45, 2.75) is 0 Å². The van der Waals surface area contributed by atoms with E-state index in [1.165, 1.54) is 0 Å². The lowest BCUT2D eigenvalue weighted by molar-refractivity contribution is 2.25. The molecule has 7 heavy (non-hydrogen) atoms. The first-order valence-corrected chi connectivity index (χ1v) is 2.52. The van der Waals surface area contributed by atoms with Crippen molar-refractivity contribution in [1.29, 1.82) is 0 Å². The molecule has 0 aliphatic rings. The Hall–Kier alpha value is 1.12. The molecule has 0 spiro atoms. The lowest BCUT2D eigenvalue weighted by Crippen LogP contribution is -1.47. The van der Waals surface area contributed by atoms with E-state index in [-0.39, 0.29) is 19.9 Å². The van der Waals surface area contributed by atoms with Crippen molar-refractivity contribution in [3.8, 4) is 0 Å². The summed E-state index contributed by atoms with van der Waals surface area (Å²) in [4.78, 5) is 0. The van der Waals surface area contributed by atoms with Gasteiger partial charge in [0.25, 0.3) is 0 Å². The van der Waals surface area contributed by atoms with Gasteiger partial charge in [0, 0.05) is 0 Å². The van der Waals surface area contributed by atoms with E-state index >= 15 is 0 Å². The minimum atomic E-state index is -0.0988. The molecule has 0 fully saturated rings. The van der Waals surface area contributed by atoms with Gasteiger partial charge in [-0.1, -0.05) is 46.4 Å². The lowest BCUT2D eigenvalue weighted by atomic mass is 11.2. The monoisotopic (exact) mass is 196 g/mol. The van der Waals surface area contributed by atoms with Gasteiger partial charge in [-0.2, -0.15) is 0 Å². The molecule has 0 nitrogen and oxygen atoms in total. The van der Waals surface area contributed by atoms with Crippen molar-refractivity contribution in [3.05, 3.63) is 8.98 Å². The van der Waals surface area contributed by atoms with Gasteiger partial charge in [0.15, 0.2) is 0 Å². The van der Waals surface area contributed by atoms with Crippen LogP contribution in [0.3, 0.4) is 0 Å². The van der Waals surface area contributed by atoms with Crippen molar-refractivity contribution >= 4 is 57.4 Å². The van der Waals surface area contributed by atoms with Gasteiger partial charge in [-0.3, -0.25) is 0 Å². The molecule has 0 heterocycles. The molecule has 0 saturated heterocycles.